The van der Waals surface area contributed by atoms with Crippen molar-refractivity contribution in [1.29, 1.82) is 0 Å². The zero-order valence-corrected chi connectivity index (χ0v) is 23.0. The van der Waals surface area contributed by atoms with Crippen molar-refractivity contribution >= 4 is 23.5 Å². The Kier molecular flexibility index (Phi) is 8.25. The maximum Gasteiger partial charge on any atom is 0.416 e. The number of guanidine groups is 1. The lowest BCUT2D eigenvalue weighted by Crippen LogP contribution is -2.46. The van der Waals surface area contributed by atoms with Crippen LogP contribution in [0.5, 0.6) is 5.75 Å². The van der Waals surface area contributed by atoms with Crippen LogP contribution >= 0.6 is 11.6 Å². The van der Waals surface area contributed by atoms with Crippen LogP contribution in [-0.2, 0) is 23.9 Å². The third-order valence-corrected chi connectivity index (χ3v) is 7.03. The summed E-state index contributed by atoms with van der Waals surface area (Å²) in [5.41, 5.74) is 5.88. The van der Waals surface area contributed by atoms with Gasteiger partial charge in [0.15, 0.2) is 5.96 Å². The molecular formula is C29H26ClF3N6O3. The first-order valence-electron chi connectivity index (χ1n) is 12.8. The second-order valence-corrected chi connectivity index (χ2v) is 9.92. The van der Waals surface area contributed by atoms with Crippen molar-refractivity contribution in [3.05, 3.63) is 118 Å². The van der Waals surface area contributed by atoms with Crippen LogP contribution in [0.25, 0.3) is 0 Å². The third kappa shape index (κ3) is 6.44. The number of hydrogen-bond acceptors (Lipinski definition) is 6. The molecule has 0 bridgehead atoms. The summed E-state index contributed by atoms with van der Waals surface area (Å²) in [5, 5.41) is 18.3. The number of carboxylic acids is 1. The topological polar surface area (TPSA) is 111 Å². The quantitative estimate of drug-likeness (QED) is 0.278. The first kappa shape index (κ1) is 28.8. The summed E-state index contributed by atoms with van der Waals surface area (Å²) in [5.74, 6) is -1.17. The third-order valence-electron chi connectivity index (χ3n) is 6.68. The fourth-order valence-electron chi connectivity index (χ4n) is 4.61. The van der Waals surface area contributed by atoms with E-state index in [1.807, 2.05) is 35.5 Å². The average Bonchev–Trinajstić information content (AvgIpc) is 3.37. The molecule has 5 rings (SSSR count). The number of fused-ring (bicyclic) bond motifs is 1. The Morgan fingerprint density at radius 1 is 1.17 bits per heavy atom. The van der Waals surface area contributed by atoms with Gasteiger partial charge >= 0.3 is 12.1 Å². The molecule has 0 radical (unpaired) electrons. The predicted octanol–water partition coefficient (Wildman–Crippen LogP) is 4.80. The summed E-state index contributed by atoms with van der Waals surface area (Å²) in [4.78, 5) is 21.2. The minimum atomic E-state index is -4.49. The Balaban J connectivity index is 1.41. The smallest absolute Gasteiger partial charge is 0.416 e. The molecule has 0 amide bonds. The molecule has 0 spiro atoms. The lowest BCUT2D eigenvalue weighted by Gasteiger charge is -2.28. The predicted molar refractivity (Wildman–Crippen MR) is 150 cm³/mol. The highest BCUT2D eigenvalue weighted by atomic mass is 35.5. The molecule has 13 heteroatoms. The van der Waals surface area contributed by atoms with Crippen molar-refractivity contribution in [2.45, 2.75) is 25.1 Å². The fourth-order valence-corrected chi connectivity index (χ4v) is 4.88. The van der Waals surface area contributed by atoms with E-state index in [-0.39, 0.29) is 23.9 Å². The lowest BCUT2D eigenvalue weighted by molar-refractivity contribution is -0.138. The molecule has 0 aliphatic carbocycles. The number of nitrogens with one attached hydrogen (secondary N) is 3. The molecule has 4 N–H and O–H groups in total. The molecule has 2 aliphatic heterocycles. The molecule has 9 nitrogen and oxygen atoms in total. The standard InChI is InChI=1S/C29H26ClF3N6O3/c1-42-21-8-4-17(5-9-21)15-39-16-23-25(38-39)26(24(27(40)41)19-3-2-11-34-14-19)37-28(36-23)35-12-10-18-6-7-20(13-22(18)30)29(31,32)33/h2-9,11,13-14,16,24,38H,10,12,15H2,1H3,(H,40,41)(H2,35,36,37). The lowest BCUT2D eigenvalue weighted by atomic mass is 9.94. The number of aliphatic carboxylic acids is 1. The number of hydrogen-bond donors (Lipinski definition) is 4. The number of alkyl halides is 3. The summed E-state index contributed by atoms with van der Waals surface area (Å²) in [7, 11) is 1.59. The first-order chi connectivity index (χ1) is 20.1. The van der Waals surface area contributed by atoms with Crippen LogP contribution < -0.4 is 20.8 Å². The molecule has 1 unspecified atom stereocenters. The molecule has 0 fully saturated rings. The molecule has 0 saturated carbocycles. The van der Waals surface area contributed by atoms with Crippen LogP contribution in [0.2, 0.25) is 5.02 Å². The molecule has 218 valence electrons. The molecular weight excluding hydrogens is 573 g/mol. The van der Waals surface area contributed by atoms with E-state index in [0.29, 0.717) is 34.8 Å². The fraction of sp³-hybridized carbons (Fsp3) is 0.207. The van der Waals surface area contributed by atoms with Crippen molar-refractivity contribution in [2.75, 3.05) is 13.7 Å². The number of ether oxygens (including phenoxy) is 1. The number of aliphatic imine (C=N–C) groups is 1. The number of methoxy groups -OCH3 is 1. The normalized spacial score (nSPS) is 16.3. The van der Waals surface area contributed by atoms with Crippen LogP contribution in [0.15, 0.2) is 95.3 Å². The molecule has 0 saturated heterocycles. The number of pyridine rings is 1. The second kappa shape index (κ2) is 12.0. The average molecular weight is 599 g/mol. The Morgan fingerprint density at radius 3 is 2.60 bits per heavy atom. The van der Waals surface area contributed by atoms with Gasteiger partial charge in [0.05, 0.1) is 36.3 Å². The number of carbonyl (C=O) groups is 1. The van der Waals surface area contributed by atoms with Gasteiger partial charge in [-0.25, -0.2) is 0 Å². The van der Waals surface area contributed by atoms with Gasteiger partial charge < -0.3 is 20.5 Å². The Bertz CT molecular complexity index is 1560. The minimum absolute atomic E-state index is 0.00291. The number of carboxylic acid groups (broad SMARTS) is 1. The number of benzene rings is 2. The van der Waals surface area contributed by atoms with Gasteiger partial charge in [0, 0.05) is 30.2 Å². The van der Waals surface area contributed by atoms with E-state index >= 15 is 0 Å². The summed E-state index contributed by atoms with van der Waals surface area (Å²) >= 11 is 6.11. The monoisotopic (exact) mass is 598 g/mol. The molecule has 2 aromatic carbocycles. The van der Waals surface area contributed by atoms with Crippen molar-refractivity contribution in [2.24, 2.45) is 4.99 Å². The molecule has 42 heavy (non-hydrogen) atoms. The van der Waals surface area contributed by atoms with Crippen molar-refractivity contribution in [3.8, 4) is 5.75 Å². The van der Waals surface area contributed by atoms with Gasteiger partial charge in [-0.1, -0.05) is 35.9 Å². The van der Waals surface area contributed by atoms with Crippen molar-refractivity contribution in [3.63, 3.8) is 0 Å². The van der Waals surface area contributed by atoms with Gasteiger partial charge in [0.1, 0.15) is 11.7 Å². The second-order valence-electron chi connectivity index (χ2n) is 9.51. The summed E-state index contributed by atoms with van der Waals surface area (Å²) < 4.78 is 44.2. The molecule has 3 heterocycles. The summed E-state index contributed by atoms with van der Waals surface area (Å²) in [6, 6.07) is 14.1. The van der Waals surface area contributed by atoms with Gasteiger partial charge in [-0.3, -0.25) is 25.2 Å². The Hall–Kier alpha value is -4.71. The number of halogens is 4. The highest BCUT2D eigenvalue weighted by Crippen LogP contribution is 2.33. The van der Waals surface area contributed by atoms with Crippen LogP contribution in [0.4, 0.5) is 13.2 Å². The molecule has 1 atom stereocenters. The molecule has 2 aliphatic rings. The van der Waals surface area contributed by atoms with Gasteiger partial charge in [0.2, 0.25) is 0 Å². The van der Waals surface area contributed by atoms with E-state index in [1.165, 1.54) is 12.3 Å². The highest BCUT2D eigenvalue weighted by Gasteiger charge is 2.36. The zero-order valence-electron chi connectivity index (χ0n) is 22.2. The van der Waals surface area contributed by atoms with E-state index < -0.39 is 23.6 Å². The van der Waals surface area contributed by atoms with Gasteiger partial charge in [-0.2, -0.15) is 13.2 Å². The first-order valence-corrected chi connectivity index (χ1v) is 13.2. The van der Waals surface area contributed by atoms with E-state index in [2.05, 4.69) is 26.0 Å². The van der Waals surface area contributed by atoms with Crippen LogP contribution in [0.1, 0.15) is 28.2 Å². The van der Waals surface area contributed by atoms with E-state index in [9.17, 15) is 23.1 Å². The van der Waals surface area contributed by atoms with Gasteiger partial charge in [-0.15, -0.1) is 0 Å². The van der Waals surface area contributed by atoms with E-state index in [4.69, 9.17) is 16.3 Å². The number of hydrazine groups is 1. The molecule has 1 aromatic heterocycles. The largest absolute Gasteiger partial charge is 0.497 e. The highest BCUT2D eigenvalue weighted by molar-refractivity contribution is 6.31. The SMILES string of the molecule is COc1ccc(CN2C=C3NC(=NCCc4ccc(C(F)(F)F)cc4Cl)NC(C(C(=O)O)c4cccnc4)=C3N2)cc1. The maximum atomic E-state index is 13.0. The Labute approximate surface area is 244 Å². The van der Waals surface area contributed by atoms with Crippen molar-refractivity contribution < 1.29 is 27.8 Å². The Morgan fingerprint density at radius 2 is 1.95 bits per heavy atom. The maximum absolute atomic E-state index is 13.0. The van der Waals surface area contributed by atoms with Gasteiger partial charge in [0.25, 0.3) is 0 Å². The zero-order chi connectivity index (χ0) is 29.9. The number of nitrogens with zero attached hydrogens (tertiary/aromatic N) is 3. The van der Waals surface area contributed by atoms with Crippen LogP contribution in [0.3, 0.4) is 0 Å². The van der Waals surface area contributed by atoms with Gasteiger partial charge in [-0.05, 0) is 53.4 Å². The number of aromatic nitrogens is 1. The van der Waals surface area contributed by atoms with Crippen LogP contribution in [-0.4, -0.2) is 40.7 Å². The molecule has 3 aromatic rings. The number of rotatable bonds is 9. The summed E-state index contributed by atoms with van der Waals surface area (Å²) in [6.07, 6.45) is 0.641. The minimum Gasteiger partial charge on any atom is -0.497 e. The van der Waals surface area contributed by atoms with E-state index in [1.54, 1.807) is 25.4 Å². The summed E-state index contributed by atoms with van der Waals surface area (Å²) in [6.45, 7) is 0.638. The van der Waals surface area contributed by atoms with Crippen LogP contribution in [0, 0.1) is 0 Å². The van der Waals surface area contributed by atoms with E-state index in [0.717, 1.165) is 23.4 Å². The van der Waals surface area contributed by atoms with Crippen molar-refractivity contribution in [1.82, 2.24) is 26.1 Å².